The molecule has 0 aromatic heterocycles. The number of likely N-dealkylation sites (N-methyl/N-ethyl adjacent to an activating group) is 1. The summed E-state index contributed by atoms with van der Waals surface area (Å²) in [5.74, 6) is -0.957. The predicted octanol–water partition coefficient (Wildman–Crippen LogP) is 2.67. The van der Waals surface area contributed by atoms with Crippen LogP contribution in [0.15, 0.2) is 0 Å². The molecule has 104 valence electrons. The Balaban J connectivity index is 2.85. The number of carbonyl (C=O) groups is 2. The highest BCUT2D eigenvalue weighted by Gasteiger charge is 2.45. The first-order valence-corrected chi connectivity index (χ1v) is 6.96. The smallest absolute Gasteiger partial charge is 0.329 e. The van der Waals surface area contributed by atoms with Gasteiger partial charge in [-0.15, -0.1) is 0 Å². The molecule has 1 rings (SSSR count). The van der Waals surface area contributed by atoms with Crippen LogP contribution in [0.25, 0.3) is 0 Å². The van der Waals surface area contributed by atoms with Gasteiger partial charge >= 0.3 is 5.97 Å². The second kappa shape index (κ2) is 6.21. The Morgan fingerprint density at radius 3 is 2.28 bits per heavy atom. The number of hydrogen-bond acceptors (Lipinski definition) is 2. The third-order valence-electron chi connectivity index (χ3n) is 4.19. The van der Waals surface area contributed by atoms with Gasteiger partial charge in [0.1, 0.15) is 5.54 Å². The summed E-state index contributed by atoms with van der Waals surface area (Å²) in [6.07, 6.45) is 5.80. The van der Waals surface area contributed by atoms with Crippen LogP contribution in [0.4, 0.5) is 0 Å². The van der Waals surface area contributed by atoms with Gasteiger partial charge in [0.2, 0.25) is 5.91 Å². The molecule has 0 aromatic rings. The fraction of sp³-hybridized carbons (Fsp3) is 0.857. The maximum absolute atomic E-state index is 12.3. The minimum Gasteiger partial charge on any atom is -0.479 e. The molecule has 0 bridgehead atoms. The fourth-order valence-corrected chi connectivity index (χ4v) is 2.93. The van der Waals surface area contributed by atoms with Crippen LogP contribution in [0, 0.1) is 5.92 Å². The van der Waals surface area contributed by atoms with Gasteiger partial charge in [-0.05, 0) is 19.3 Å². The second-order valence-electron chi connectivity index (χ2n) is 5.48. The quantitative estimate of drug-likeness (QED) is 0.821. The number of carboxylic acids is 1. The van der Waals surface area contributed by atoms with Crippen molar-refractivity contribution in [2.24, 2.45) is 5.92 Å². The molecule has 1 unspecified atom stereocenters. The number of rotatable bonds is 5. The lowest BCUT2D eigenvalue weighted by Gasteiger charge is -2.42. The van der Waals surface area contributed by atoms with Gasteiger partial charge in [0.15, 0.2) is 0 Å². The predicted molar refractivity (Wildman–Crippen MR) is 70.3 cm³/mol. The maximum Gasteiger partial charge on any atom is 0.329 e. The monoisotopic (exact) mass is 255 g/mol. The van der Waals surface area contributed by atoms with E-state index < -0.39 is 11.5 Å². The molecule has 4 nitrogen and oxygen atoms in total. The maximum atomic E-state index is 12.3. The first kappa shape index (κ1) is 15.0. The van der Waals surface area contributed by atoms with Crippen molar-refractivity contribution in [1.29, 1.82) is 0 Å². The normalized spacial score (nSPS) is 20.2. The van der Waals surface area contributed by atoms with E-state index in [1.165, 1.54) is 4.90 Å². The highest BCUT2D eigenvalue weighted by Crippen LogP contribution is 2.34. The minimum atomic E-state index is -0.961. The van der Waals surface area contributed by atoms with Gasteiger partial charge in [-0.3, -0.25) is 4.79 Å². The van der Waals surface area contributed by atoms with E-state index in [1.54, 1.807) is 7.05 Å². The number of carboxylic acid groups (broad SMARTS) is 1. The molecule has 1 saturated carbocycles. The average Bonchev–Trinajstić information content (AvgIpc) is 2.37. The van der Waals surface area contributed by atoms with E-state index in [1.807, 2.05) is 13.8 Å². The number of aliphatic carboxylic acids is 1. The van der Waals surface area contributed by atoms with Crippen LogP contribution in [0.5, 0.6) is 0 Å². The number of hydrogen-bond donors (Lipinski definition) is 1. The molecule has 1 fully saturated rings. The third kappa shape index (κ3) is 2.85. The van der Waals surface area contributed by atoms with Crippen LogP contribution in [-0.2, 0) is 9.59 Å². The van der Waals surface area contributed by atoms with Crippen LogP contribution in [0.1, 0.15) is 58.8 Å². The molecular weight excluding hydrogens is 230 g/mol. The summed E-state index contributed by atoms with van der Waals surface area (Å²) in [6, 6.07) is 0. The zero-order valence-corrected chi connectivity index (χ0v) is 11.7. The van der Waals surface area contributed by atoms with Crippen molar-refractivity contribution in [2.75, 3.05) is 7.05 Å². The summed E-state index contributed by atoms with van der Waals surface area (Å²) in [4.78, 5) is 25.4. The Kier molecular flexibility index (Phi) is 5.17. The van der Waals surface area contributed by atoms with Crippen molar-refractivity contribution < 1.29 is 14.7 Å². The first-order chi connectivity index (χ1) is 8.45. The van der Waals surface area contributed by atoms with Gasteiger partial charge in [-0.1, -0.05) is 39.5 Å². The lowest BCUT2D eigenvalue weighted by Crippen LogP contribution is -2.57. The first-order valence-electron chi connectivity index (χ1n) is 6.96. The highest BCUT2D eigenvalue weighted by atomic mass is 16.4. The summed E-state index contributed by atoms with van der Waals surface area (Å²) in [5, 5.41) is 9.53. The van der Waals surface area contributed by atoms with Gasteiger partial charge in [0.05, 0.1) is 0 Å². The van der Waals surface area contributed by atoms with Crippen molar-refractivity contribution in [3.8, 4) is 0 Å². The number of amides is 1. The van der Waals surface area contributed by atoms with Crippen LogP contribution in [-0.4, -0.2) is 34.5 Å². The minimum absolute atomic E-state index is 0.0267. The van der Waals surface area contributed by atoms with Crippen LogP contribution in [0.2, 0.25) is 0 Å². The van der Waals surface area contributed by atoms with E-state index in [-0.39, 0.29) is 11.8 Å². The Morgan fingerprint density at radius 2 is 1.83 bits per heavy atom. The fourth-order valence-electron chi connectivity index (χ4n) is 2.93. The summed E-state index contributed by atoms with van der Waals surface area (Å²) < 4.78 is 0. The number of nitrogens with zero attached hydrogens (tertiary/aromatic N) is 1. The lowest BCUT2D eigenvalue weighted by atomic mass is 9.80. The summed E-state index contributed by atoms with van der Waals surface area (Å²) in [7, 11) is 1.66. The van der Waals surface area contributed by atoms with Gasteiger partial charge in [0.25, 0.3) is 0 Å². The van der Waals surface area contributed by atoms with Gasteiger partial charge in [-0.2, -0.15) is 0 Å². The Morgan fingerprint density at radius 1 is 1.28 bits per heavy atom. The summed E-state index contributed by atoms with van der Waals surface area (Å²) >= 11 is 0. The average molecular weight is 255 g/mol. The van der Waals surface area contributed by atoms with Crippen LogP contribution < -0.4 is 0 Å². The molecule has 18 heavy (non-hydrogen) atoms. The second-order valence-corrected chi connectivity index (χ2v) is 5.48. The lowest BCUT2D eigenvalue weighted by molar-refractivity contribution is -0.161. The molecule has 1 aliphatic rings. The SMILES string of the molecule is CCCC(C)C(=O)N(C)C1(C(=O)O)CCCCC1. The van der Waals surface area contributed by atoms with E-state index in [0.29, 0.717) is 12.8 Å². The van der Waals surface area contributed by atoms with Gasteiger partial charge in [0, 0.05) is 13.0 Å². The molecule has 0 heterocycles. The Labute approximate surface area is 109 Å². The van der Waals surface area contributed by atoms with E-state index in [9.17, 15) is 14.7 Å². The van der Waals surface area contributed by atoms with E-state index in [4.69, 9.17) is 0 Å². The standard InChI is InChI=1S/C14H25NO3/c1-4-8-11(2)12(16)15(3)14(13(17)18)9-6-5-7-10-14/h11H,4-10H2,1-3H3,(H,17,18). The summed E-state index contributed by atoms with van der Waals surface area (Å²) in [5.41, 5.74) is -0.961. The van der Waals surface area contributed by atoms with Crippen molar-refractivity contribution in [1.82, 2.24) is 4.90 Å². The zero-order chi connectivity index (χ0) is 13.8. The molecule has 0 spiro atoms. The van der Waals surface area contributed by atoms with Crippen LogP contribution in [0.3, 0.4) is 0 Å². The molecule has 1 aliphatic carbocycles. The Bertz CT molecular complexity index is 308. The van der Waals surface area contributed by atoms with Gasteiger partial charge < -0.3 is 10.0 Å². The molecule has 1 amide bonds. The molecule has 1 atom stereocenters. The number of carbonyl (C=O) groups excluding carboxylic acids is 1. The molecule has 0 saturated heterocycles. The van der Waals surface area contributed by atoms with Crippen molar-refractivity contribution in [2.45, 2.75) is 64.3 Å². The van der Waals surface area contributed by atoms with Crippen molar-refractivity contribution >= 4 is 11.9 Å². The molecule has 0 radical (unpaired) electrons. The molecular formula is C14H25NO3. The molecule has 4 heteroatoms. The van der Waals surface area contributed by atoms with E-state index in [2.05, 4.69) is 0 Å². The van der Waals surface area contributed by atoms with Crippen molar-refractivity contribution in [3.05, 3.63) is 0 Å². The largest absolute Gasteiger partial charge is 0.479 e. The molecule has 1 N–H and O–H groups in total. The van der Waals surface area contributed by atoms with E-state index in [0.717, 1.165) is 32.1 Å². The van der Waals surface area contributed by atoms with Crippen LogP contribution >= 0.6 is 0 Å². The zero-order valence-electron chi connectivity index (χ0n) is 11.7. The highest BCUT2D eigenvalue weighted by molar-refractivity contribution is 5.87. The topological polar surface area (TPSA) is 57.6 Å². The summed E-state index contributed by atoms with van der Waals surface area (Å²) in [6.45, 7) is 3.93. The van der Waals surface area contributed by atoms with Crippen molar-refractivity contribution in [3.63, 3.8) is 0 Å². The Hall–Kier alpha value is -1.06. The third-order valence-corrected chi connectivity index (χ3v) is 4.19. The van der Waals surface area contributed by atoms with E-state index >= 15 is 0 Å². The van der Waals surface area contributed by atoms with Gasteiger partial charge in [-0.25, -0.2) is 4.79 Å². The molecule has 0 aliphatic heterocycles. The molecule has 0 aromatic carbocycles.